The predicted molar refractivity (Wildman–Crippen MR) is 130 cm³/mol. The van der Waals surface area contributed by atoms with Gasteiger partial charge in [0.05, 0.1) is 11.4 Å². The van der Waals surface area contributed by atoms with Crippen LogP contribution in [0.25, 0.3) is 11.3 Å². The minimum absolute atomic E-state index is 0.106. The van der Waals surface area contributed by atoms with Gasteiger partial charge in [0.15, 0.2) is 0 Å². The van der Waals surface area contributed by atoms with E-state index in [1.54, 1.807) is 6.20 Å². The standard InChI is InChI=1S/C25H27ClF2N4O2/c1-14(2)21-13-32(15(3)4)23-19(21)11-16(12-20(23)22-9-10-29-31-22)24(33)30-17-5-7-18(8-6-17)34-25(26,27)28/h5-12,14-15,21H,13H2,1-4H3,(H,29,31)(H,30,33). The van der Waals surface area contributed by atoms with Gasteiger partial charge in [-0.05, 0) is 67.8 Å². The Morgan fingerprint density at radius 1 is 1.21 bits per heavy atom. The van der Waals surface area contributed by atoms with Crippen molar-refractivity contribution in [1.82, 2.24) is 10.2 Å². The van der Waals surface area contributed by atoms with E-state index < -0.39 is 5.57 Å². The summed E-state index contributed by atoms with van der Waals surface area (Å²) in [6.45, 7) is 9.59. The van der Waals surface area contributed by atoms with Gasteiger partial charge in [-0.25, -0.2) is 0 Å². The lowest BCUT2D eigenvalue weighted by Crippen LogP contribution is -2.30. The molecule has 0 aliphatic carbocycles. The van der Waals surface area contributed by atoms with Crippen molar-refractivity contribution in [3.63, 3.8) is 0 Å². The van der Waals surface area contributed by atoms with Crippen molar-refractivity contribution < 1.29 is 18.3 Å². The van der Waals surface area contributed by atoms with E-state index >= 15 is 0 Å². The summed E-state index contributed by atoms with van der Waals surface area (Å²) in [5.41, 5.74) is 1.17. The second-order valence-electron chi connectivity index (χ2n) is 9.05. The van der Waals surface area contributed by atoms with Crippen LogP contribution in [0.1, 0.15) is 49.5 Å². The van der Waals surface area contributed by atoms with Crippen LogP contribution in [0.15, 0.2) is 48.7 Å². The lowest BCUT2D eigenvalue weighted by atomic mass is 9.87. The molecule has 0 bridgehead atoms. The Labute approximate surface area is 202 Å². The number of ether oxygens (including phenoxy) is 1. The molecular formula is C25H27ClF2N4O2. The first-order valence-corrected chi connectivity index (χ1v) is 11.5. The molecule has 2 heterocycles. The monoisotopic (exact) mass is 488 g/mol. The molecule has 0 saturated carbocycles. The predicted octanol–water partition coefficient (Wildman–Crippen LogP) is 6.46. The third-order valence-electron chi connectivity index (χ3n) is 6.05. The van der Waals surface area contributed by atoms with E-state index in [9.17, 15) is 13.6 Å². The van der Waals surface area contributed by atoms with Crippen molar-refractivity contribution in [1.29, 1.82) is 0 Å². The Kier molecular flexibility index (Phi) is 6.53. The molecule has 4 rings (SSSR count). The zero-order chi connectivity index (χ0) is 24.6. The molecule has 180 valence electrons. The number of nitrogens with one attached hydrogen (secondary N) is 2. The molecule has 1 atom stereocenters. The molecule has 34 heavy (non-hydrogen) atoms. The molecule has 1 unspecified atom stereocenters. The highest BCUT2D eigenvalue weighted by atomic mass is 35.5. The summed E-state index contributed by atoms with van der Waals surface area (Å²) in [6.07, 6.45) is 1.69. The quantitative estimate of drug-likeness (QED) is 0.374. The van der Waals surface area contributed by atoms with Crippen molar-refractivity contribution >= 4 is 28.9 Å². The van der Waals surface area contributed by atoms with Crippen LogP contribution in [0.4, 0.5) is 20.2 Å². The van der Waals surface area contributed by atoms with Crippen LogP contribution in [-0.4, -0.2) is 34.3 Å². The molecule has 2 aromatic carbocycles. The number of rotatable bonds is 7. The third-order valence-corrected chi connectivity index (χ3v) is 6.12. The molecule has 0 radical (unpaired) electrons. The van der Waals surface area contributed by atoms with Gasteiger partial charge in [0.25, 0.3) is 5.91 Å². The normalized spacial score (nSPS) is 15.7. The number of aromatic nitrogens is 2. The molecule has 0 spiro atoms. The van der Waals surface area contributed by atoms with E-state index in [2.05, 4.69) is 52.8 Å². The summed E-state index contributed by atoms with van der Waals surface area (Å²) in [4.78, 5) is 15.6. The Morgan fingerprint density at radius 3 is 2.47 bits per heavy atom. The second kappa shape index (κ2) is 9.25. The van der Waals surface area contributed by atoms with E-state index in [1.807, 2.05) is 18.2 Å². The van der Waals surface area contributed by atoms with E-state index in [4.69, 9.17) is 11.6 Å². The number of carbonyl (C=O) groups excluding carboxylic acids is 1. The topological polar surface area (TPSA) is 70.2 Å². The molecule has 3 aromatic rings. The van der Waals surface area contributed by atoms with E-state index in [0.717, 1.165) is 29.1 Å². The van der Waals surface area contributed by atoms with Gasteiger partial charge in [0, 0.05) is 53.1 Å². The number of halogens is 3. The number of hydrogen-bond donors (Lipinski definition) is 2. The SMILES string of the molecule is CC(C)C1CN(C(C)C)c2c(-c3ccn[nH]3)cc(C(=O)Nc3ccc(OC(F)(F)Cl)cc3)cc21. The molecule has 9 heteroatoms. The number of H-pyrrole nitrogens is 1. The van der Waals surface area contributed by atoms with Gasteiger partial charge in [-0.3, -0.25) is 9.89 Å². The zero-order valence-corrected chi connectivity index (χ0v) is 20.2. The maximum absolute atomic E-state index is 13.2. The summed E-state index contributed by atoms with van der Waals surface area (Å²) in [6, 6.07) is 11.6. The summed E-state index contributed by atoms with van der Waals surface area (Å²) < 4.78 is 30.0. The Morgan fingerprint density at radius 2 is 1.91 bits per heavy atom. The molecule has 2 N–H and O–H groups in total. The Bertz CT molecular complexity index is 1160. The highest BCUT2D eigenvalue weighted by Crippen LogP contribution is 2.47. The fourth-order valence-electron chi connectivity index (χ4n) is 4.39. The zero-order valence-electron chi connectivity index (χ0n) is 19.4. The van der Waals surface area contributed by atoms with Crippen LogP contribution in [0.5, 0.6) is 5.75 Å². The van der Waals surface area contributed by atoms with Crippen LogP contribution >= 0.6 is 11.6 Å². The van der Waals surface area contributed by atoms with Gasteiger partial charge < -0.3 is 15.0 Å². The first-order chi connectivity index (χ1) is 16.0. The first-order valence-electron chi connectivity index (χ1n) is 11.1. The number of nitrogens with zero attached hydrogens (tertiary/aromatic N) is 2. The summed E-state index contributed by atoms with van der Waals surface area (Å²) in [5.74, 6) is 0.263. The van der Waals surface area contributed by atoms with Gasteiger partial charge in [-0.1, -0.05) is 13.8 Å². The molecular weight excluding hydrogens is 462 g/mol. The molecule has 0 saturated heterocycles. The Balaban J connectivity index is 1.69. The lowest BCUT2D eigenvalue weighted by molar-refractivity contribution is -0.0964. The molecule has 1 aromatic heterocycles. The van der Waals surface area contributed by atoms with E-state index in [0.29, 0.717) is 23.2 Å². The van der Waals surface area contributed by atoms with E-state index in [-0.39, 0.29) is 17.6 Å². The number of carbonyl (C=O) groups is 1. The van der Waals surface area contributed by atoms with Crippen molar-refractivity contribution in [3.05, 3.63) is 59.8 Å². The minimum atomic E-state index is -3.80. The van der Waals surface area contributed by atoms with Crippen LogP contribution in [0, 0.1) is 5.92 Å². The fourth-order valence-corrected chi connectivity index (χ4v) is 4.48. The third kappa shape index (κ3) is 5.01. The molecule has 1 aliphatic rings. The largest absolute Gasteiger partial charge is 0.487 e. The van der Waals surface area contributed by atoms with Gasteiger partial charge in [-0.15, -0.1) is 8.78 Å². The Hall–Kier alpha value is -3.13. The molecule has 1 aliphatic heterocycles. The maximum Gasteiger partial charge on any atom is 0.487 e. The lowest BCUT2D eigenvalue weighted by Gasteiger charge is -2.27. The average molecular weight is 489 g/mol. The smallest absolute Gasteiger partial charge is 0.420 e. The van der Waals surface area contributed by atoms with Gasteiger partial charge in [0.2, 0.25) is 0 Å². The minimum Gasteiger partial charge on any atom is -0.420 e. The summed E-state index contributed by atoms with van der Waals surface area (Å²) >= 11 is 4.80. The summed E-state index contributed by atoms with van der Waals surface area (Å²) in [7, 11) is 0. The van der Waals surface area contributed by atoms with Gasteiger partial charge in [0.1, 0.15) is 5.75 Å². The number of hydrogen-bond acceptors (Lipinski definition) is 4. The number of benzene rings is 2. The molecule has 6 nitrogen and oxygen atoms in total. The first kappa shape index (κ1) is 24.0. The number of alkyl halides is 3. The number of amides is 1. The van der Waals surface area contributed by atoms with Crippen LogP contribution in [-0.2, 0) is 0 Å². The highest BCUT2D eigenvalue weighted by molar-refractivity contribution is 6.20. The van der Waals surface area contributed by atoms with Crippen molar-refractivity contribution in [2.45, 2.75) is 45.2 Å². The van der Waals surface area contributed by atoms with Crippen LogP contribution < -0.4 is 15.0 Å². The number of anilines is 2. The average Bonchev–Trinajstić information content (AvgIpc) is 3.41. The van der Waals surface area contributed by atoms with Gasteiger partial charge in [-0.2, -0.15) is 5.10 Å². The highest BCUT2D eigenvalue weighted by Gasteiger charge is 2.35. The van der Waals surface area contributed by atoms with E-state index in [1.165, 1.54) is 24.3 Å². The van der Waals surface area contributed by atoms with Crippen LogP contribution in [0.2, 0.25) is 0 Å². The summed E-state index contributed by atoms with van der Waals surface area (Å²) in [5, 5.41) is 9.97. The number of aromatic amines is 1. The molecule has 1 amide bonds. The maximum atomic E-state index is 13.2. The second-order valence-corrected chi connectivity index (χ2v) is 9.49. The van der Waals surface area contributed by atoms with Gasteiger partial charge >= 0.3 is 5.57 Å². The number of fused-ring (bicyclic) bond motifs is 1. The van der Waals surface area contributed by atoms with Crippen LogP contribution in [0.3, 0.4) is 0 Å². The molecule has 0 fully saturated rings. The van der Waals surface area contributed by atoms with Crippen molar-refractivity contribution in [3.8, 4) is 17.0 Å². The van der Waals surface area contributed by atoms with Crippen molar-refractivity contribution in [2.75, 3.05) is 16.8 Å². The fraction of sp³-hybridized carbons (Fsp3) is 0.360. The van der Waals surface area contributed by atoms with Crippen molar-refractivity contribution in [2.24, 2.45) is 5.92 Å².